The highest BCUT2D eigenvalue weighted by Crippen LogP contribution is 2.41. The minimum atomic E-state index is -1.21. The lowest BCUT2D eigenvalue weighted by atomic mass is 9.68. The monoisotopic (exact) mass is 257 g/mol. The van der Waals surface area contributed by atoms with Crippen LogP contribution in [0.25, 0.3) is 0 Å². The summed E-state index contributed by atoms with van der Waals surface area (Å²) in [6.45, 7) is 1.34. The van der Waals surface area contributed by atoms with E-state index in [1.165, 1.54) is 0 Å². The average molecular weight is 257 g/mol. The molecule has 18 heavy (non-hydrogen) atoms. The normalized spacial score (nSPS) is 29.6. The molecule has 102 valence electrons. The van der Waals surface area contributed by atoms with Gasteiger partial charge in [-0.05, 0) is 12.8 Å². The first-order valence-electron chi connectivity index (χ1n) is 6.19. The summed E-state index contributed by atoms with van der Waals surface area (Å²) in [7, 11) is 1.58. The zero-order chi connectivity index (χ0) is 13.2. The highest BCUT2D eigenvalue weighted by Gasteiger charge is 2.51. The number of hydrogen-bond donors (Lipinski definition) is 2. The van der Waals surface area contributed by atoms with Crippen LogP contribution in [0.2, 0.25) is 0 Å². The molecule has 1 atom stereocenters. The average Bonchev–Trinajstić information content (AvgIpc) is 2.73. The van der Waals surface area contributed by atoms with E-state index in [4.69, 9.17) is 14.6 Å². The summed E-state index contributed by atoms with van der Waals surface area (Å²) >= 11 is 0. The molecule has 0 aromatic carbocycles. The minimum Gasteiger partial charge on any atom is -0.480 e. The molecule has 1 aliphatic heterocycles. The second-order valence-corrected chi connectivity index (χ2v) is 5.11. The first-order chi connectivity index (χ1) is 8.55. The number of carbonyl (C=O) groups excluding carboxylic acids is 1. The van der Waals surface area contributed by atoms with Gasteiger partial charge in [-0.3, -0.25) is 9.59 Å². The Balaban J connectivity index is 1.93. The van der Waals surface area contributed by atoms with Crippen molar-refractivity contribution >= 4 is 11.9 Å². The van der Waals surface area contributed by atoms with Crippen molar-refractivity contribution in [1.82, 2.24) is 5.32 Å². The van der Waals surface area contributed by atoms with Crippen LogP contribution < -0.4 is 5.32 Å². The minimum absolute atomic E-state index is 0.303. The summed E-state index contributed by atoms with van der Waals surface area (Å²) in [5, 5.41) is 11.9. The van der Waals surface area contributed by atoms with Crippen molar-refractivity contribution in [2.24, 2.45) is 5.41 Å². The fourth-order valence-electron chi connectivity index (χ4n) is 2.44. The molecular weight excluding hydrogens is 238 g/mol. The molecule has 0 aromatic heterocycles. The van der Waals surface area contributed by atoms with Gasteiger partial charge < -0.3 is 19.9 Å². The summed E-state index contributed by atoms with van der Waals surface area (Å²) in [4.78, 5) is 23.2. The molecular formula is C12H19NO5. The Morgan fingerprint density at radius 2 is 2.11 bits per heavy atom. The van der Waals surface area contributed by atoms with Gasteiger partial charge >= 0.3 is 5.97 Å². The Morgan fingerprint density at radius 3 is 2.50 bits per heavy atom. The second-order valence-electron chi connectivity index (χ2n) is 5.11. The SMILES string of the molecule is COC1(CNC(=O)C2(C(=O)O)CCC2)CCOC1. The van der Waals surface area contributed by atoms with Gasteiger partial charge in [-0.1, -0.05) is 6.42 Å². The molecule has 1 amide bonds. The highest BCUT2D eigenvalue weighted by molar-refractivity contribution is 6.02. The van der Waals surface area contributed by atoms with Crippen molar-refractivity contribution in [3.63, 3.8) is 0 Å². The summed E-state index contributed by atoms with van der Waals surface area (Å²) in [5.74, 6) is -1.43. The van der Waals surface area contributed by atoms with Crippen LogP contribution in [0.5, 0.6) is 0 Å². The van der Waals surface area contributed by atoms with Gasteiger partial charge in [0.15, 0.2) is 0 Å². The number of amides is 1. The van der Waals surface area contributed by atoms with Crippen LogP contribution in [0.4, 0.5) is 0 Å². The van der Waals surface area contributed by atoms with E-state index in [2.05, 4.69) is 5.32 Å². The lowest BCUT2D eigenvalue weighted by Crippen LogP contribution is -2.54. The zero-order valence-electron chi connectivity index (χ0n) is 10.5. The van der Waals surface area contributed by atoms with Crippen LogP contribution in [-0.4, -0.2) is 49.5 Å². The summed E-state index contributed by atoms with van der Waals surface area (Å²) < 4.78 is 10.7. The number of ether oxygens (including phenoxy) is 2. The van der Waals surface area contributed by atoms with Gasteiger partial charge in [0.1, 0.15) is 11.0 Å². The van der Waals surface area contributed by atoms with E-state index in [0.29, 0.717) is 39.0 Å². The van der Waals surface area contributed by atoms with Crippen LogP contribution in [-0.2, 0) is 19.1 Å². The third kappa shape index (κ3) is 2.10. The molecule has 2 fully saturated rings. The van der Waals surface area contributed by atoms with E-state index >= 15 is 0 Å². The molecule has 1 saturated heterocycles. The fourth-order valence-corrected chi connectivity index (χ4v) is 2.44. The highest BCUT2D eigenvalue weighted by atomic mass is 16.5. The molecule has 6 nitrogen and oxygen atoms in total. The Labute approximate surface area is 106 Å². The van der Waals surface area contributed by atoms with Gasteiger partial charge in [0.05, 0.1) is 6.61 Å². The largest absolute Gasteiger partial charge is 0.480 e. The number of hydrogen-bond acceptors (Lipinski definition) is 4. The van der Waals surface area contributed by atoms with Crippen LogP contribution in [0.1, 0.15) is 25.7 Å². The van der Waals surface area contributed by atoms with Crippen LogP contribution in [0.15, 0.2) is 0 Å². The molecule has 1 aliphatic carbocycles. The van der Waals surface area contributed by atoms with Gasteiger partial charge in [0.25, 0.3) is 0 Å². The maximum Gasteiger partial charge on any atom is 0.319 e. The van der Waals surface area contributed by atoms with E-state index < -0.39 is 22.9 Å². The molecule has 2 rings (SSSR count). The quantitative estimate of drug-likeness (QED) is 0.685. The Kier molecular flexibility index (Phi) is 3.59. The molecule has 0 spiro atoms. The molecule has 6 heteroatoms. The fraction of sp³-hybridized carbons (Fsp3) is 0.833. The maximum atomic E-state index is 12.0. The molecule has 1 unspecified atom stereocenters. The number of carbonyl (C=O) groups is 2. The molecule has 1 heterocycles. The van der Waals surface area contributed by atoms with Crippen molar-refractivity contribution in [2.45, 2.75) is 31.3 Å². The summed E-state index contributed by atoms with van der Waals surface area (Å²) in [6, 6.07) is 0. The van der Waals surface area contributed by atoms with Gasteiger partial charge in [-0.25, -0.2) is 0 Å². The second kappa shape index (κ2) is 4.85. The first-order valence-corrected chi connectivity index (χ1v) is 6.19. The standard InChI is InChI=1S/C12H19NO5/c1-17-11(5-6-18-8-11)7-13-9(14)12(10(15)16)3-2-4-12/h2-8H2,1H3,(H,13,14)(H,15,16). The van der Waals surface area contributed by atoms with Crippen LogP contribution >= 0.6 is 0 Å². The van der Waals surface area contributed by atoms with Gasteiger partial charge in [0.2, 0.25) is 5.91 Å². The van der Waals surface area contributed by atoms with E-state index in [1.54, 1.807) is 7.11 Å². The number of carboxylic acids is 1. The number of aliphatic carboxylic acids is 1. The molecule has 2 N–H and O–H groups in total. The third-order valence-electron chi connectivity index (χ3n) is 4.12. The summed E-state index contributed by atoms with van der Waals surface area (Å²) in [6.07, 6.45) is 2.34. The van der Waals surface area contributed by atoms with Crippen molar-refractivity contribution in [3.8, 4) is 0 Å². The lowest BCUT2D eigenvalue weighted by molar-refractivity contribution is -0.162. The third-order valence-corrected chi connectivity index (χ3v) is 4.12. The number of nitrogens with one attached hydrogen (secondary N) is 1. The predicted octanol–water partition coefficient (Wildman–Crippen LogP) is 0.163. The van der Waals surface area contributed by atoms with Gasteiger partial charge in [-0.15, -0.1) is 0 Å². The van der Waals surface area contributed by atoms with Crippen molar-refractivity contribution in [3.05, 3.63) is 0 Å². The van der Waals surface area contributed by atoms with Crippen LogP contribution in [0, 0.1) is 5.41 Å². The zero-order valence-corrected chi connectivity index (χ0v) is 10.5. The number of carboxylic acid groups (broad SMARTS) is 1. The first kappa shape index (κ1) is 13.3. The molecule has 0 aromatic rings. The summed E-state index contributed by atoms with van der Waals surface area (Å²) in [5.41, 5.74) is -1.71. The lowest BCUT2D eigenvalue weighted by Gasteiger charge is -2.37. The van der Waals surface area contributed by atoms with Crippen molar-refractivity contribution in [2.75, 3.05) is 26.9 Å². The van der Waals surface area contributed by atoms with E-state index in [9.17, 15) is 9.59 Å². The molecule has 1 saturated carbocycles. The van der Waals surface area contributed by atoms with Crippen LogP contribution in [0.3, 0.4) is 0 Å². The number of methoxy groups -OCH3 is 1. The van der Waals surface area contributed by atoms with E-state index in [0.717, 1.165) is 6.42 Å². The number of rotatable bonds is 5. The van der Waals surface area contributed by atoms with Crippen molar-refractivity contribution < 1.29 is 24.2 Å². The van der Waals surface area contributed by atoms with Gasteiger partial charge in [0, 0.05) is 26.7 Å². The topological polar surface area (TPSA) is 84.9 Å². The van der Waals surface area contributed by atoms with Gasteiger partial charge in [-0.2, -0.15) is 0 Å². The van der Waals surface area contributed by atoms with E-state index in [1.807, 2.05) is 0 Å². The smallest absolute Gasteiger partial charge is 0.319 e. The Morgan fingerprint density at radius 1 is 1.39 bits per heavy atom. The predicted molar refractivity (Wildman–Crippen MR) is 62.1 cm³/mol. The molecule has 0 bridgehead atoms. The maximum absolute atomic E-state index is 12.0. The van der Waals surface area contributed by atoms with Crippen molar-refractivity contribution in [1.29, 1.82) is 0 Å². The molecule has 0 radical (unpaired) electrons. The molecule has 2 aliphatic rings. The Hall–Kier alpha value is -1.14. The van der Waals surface area contributed by atoms with E-state index in [-0.39, 0.29) is 0 Å². The Bertz CT molecular complexity index is 344.